The molecule has 0 radical (unpaired) electrons. The third-order valence-electron chi connectivity index (χ3n) is 0. The molecule has 0 aromatic heterocycles. The molecule has 0 aromatic rings. The first-order valence-corrected chi connectivity index (χ1v) is 1.46. The van der Waals surface area contributed by atoms with Gasteiger partial charge < -0.3 is 40.5 Å². The van der Waals surface area contributed by atoms with Crippen molar-refractivity contribution in [3.05, 3.63) is 40.5 Å². The number of rotatable bonds is 0. The van der Waals surface area contributed by atoms with Gasteiger partial charge in [0.05, 0.1) is 0 Å². The third kappa shape index (κ3) is 2180. The smallest absolute Gasteiger partial charge is 0.444 e. The second-order valence-electron chi connectivity index (χ2n) is 0.298. The summed E-state index contributed by atoms with van der Waals surface area (Å²) in [5, 5.41) is 36.0. The topological polar surface area (TPSA) is 210 Å². The Morgan fingerprint density at radius 2 is 0.571 bits per heavy atom. The molecule has 0 aliphatic carbocycles. The largest absolute Gasteiger partial charge is 1.00 e. The fourth-order valence-corrected chi connectivity index (χ4v) is 0. The van der Waals surface area contributed by atoms with E-state index >= 15 is 0 Å². The molecule has 0 amide bonds. The van der Waals surface area contributed by atoms with Gasteiger partial charge in [0.25, 0.3) is 0 Å². The minimum Gasteiger partial charge on any atom is -0.444 e. The van der Waals surface area contributed by atoms with Gasteiger partial charge in [-0.25, -0.2) is 0 Å². The fourth-order valence-electron chi connectivity index (χ4n) is 0. The van der Waals surface area contributed by atoms with E-state index < -0.39 is 0 Å². The van der Waals surface area contributed by atoms with Crippen LogP contribution < -0.4 is 29.6 Å². The van der Waals surface area contributed by atoms with Crippen molar-refractivity contribution in [2.45, 2.75) is 0 Å². The van der Waals surface area contributed by atoms with Crippen LogP contribution in [0.4, 0.5) is 0 Å². The Labute approximate surface area is 111 Å². The molecule has 0 unspecified atom stereocenters. The summed E-state index contributed by atoms with van der Waals surface area (Å²) >= 11 is 0. The van der Waals surface area contributed by atoms with Gasteiger partial charge in [0.1, 0.15) is 0 Å². The van der Waals surface area contributed by atoms with Crippen molar-refractivity contribution in [2.75, 3.05) is 0 Å². The molecule has 0 aliphatic heterocycles. The summed E-state index contributed by atoms with van der Waals surface area (Å²) < 4.78 is 0. The van der Waals surface area contributed by atoms with Crippen molar-refractivity contribution in [3.63, 3.8) is 0 Å². The third-order valence-corrected chi connectivity index (χ3v) is 0. The van der Waals surface area contributed by atoms with Gasteiger partial charge in [-0.05, 0) is 0 Å². The summed E-state index contributed by atoms with van der Waals surface area (Å²) in [6.07, 6.45) is 0. The molecular weight excluding hydrogens is 313 g/mol. The minimum atomic E-state index is 0. The Kier molecular flexibility index (Phi) is 395. The van der Waals surface area contributed by atoms with E-state index in [1.54, 1.807) is 0 Å². The summed E-state index contributed by atoms with van der Waals surface area (Å²) in [5.74, 6) is 0. The Morgan fingerprint density at radius 3 is 0.571 bits per heavy atom. The van der Waals surface area contributed by atoms with Crippen LogP contribution in [-0.4, -0.2) is 0 Å². The molecule has 0 aliphatic rings. The van der Waals surface area contributed by atoms with Crippen molar-refractivity contribution in [1.29, 1.82) is 0 Å². The summed E-state index contributed by atoms with van der Waals surface area (Å²) in [5.41, 5.74) is 0. The maximum absolute atomic E-state index is 8.00. The standard InChI is InChI=1S/4HNO2.Na.Pd/c4*2-1-3;;/h4*(H,2,3);;/q;;;;+1;/p-4. The normalized spacial score (nSPS) is 3.43. The quantitative estimate of drug-likeness (QED) is 0.276. The average Bonchev–Trinajstić information content (AvgIpc) is 1.92. The Balaban J connectivity index is -0.0000000145. The SMILES string of the molecule is O=N[O-].O=N[O-].O=N[O-].O=N[O-].[Na+].[Pd]. The molecule has 0 aromatic carbocycles. The summed E-state index contributed by atoms with van der Waals surface area (Å²) in [7, 11) is 0. The molecule has 0 fully saturated rings. The summed E-state index contributed by atoms with van der Waals surface area (Å²) in [6.45, 7) is 0. The van der Waals surface area contributed by atoms with E-state index in [0.717, 1.165) is 21.4 Å². The van der Waals surface area contributed by atoms with Crippen molar-refractivity contribution in [3.8, 4) is 0 Å². The van der Waals surface area contributed by atoms with Crippen LogP contribution in [0.25, 0.3) is 0 Å². The first-order chi connectivity index (χ1) is 5.66. The van der Waals surface area contributed by atoms with Crippen molar-refractivity contribution in [2.24, 2.45) is 21.4 Å². The van der Waals surface area contributed by atoms with Gasteiger partial charge in [-0.3, -0.25) is 0 Å². The van der Waals surface area contributed by atoms with Crippen molar-refractivity contribution >= 4 is 0 Å². The monoisotopic (exact) mass is 313 g/mol. The minimum absolute atomic E-state index is 0. The Bertz CT molecular complexity index is 75.3. The zero-order valence-electron chi connectivity index (χ0n) is 6.37. The van der Waals surface area contributed by atoms with E-state index in [1.807, 2.05) is 0 Å². The van der Waals surface area contributed by atoms with E-state index in [-0.39, 0.29) is 50.0 Å². The number of hydrogen-bond donors (Lipinski definition) is 0. The van der Waals surface area contributed by atoms with E-state index in [9.17, 15) is 0 Å². The van der Waals surface area contributed by atoms with Crippen LogP contribution in [0, 0.1) is 40.5 Å². The first-order valence-electron chi connectivity index (χ1n) is 1.46. The van der Waals surface area contributed by atoms with Gasteiger partial charge in [0.15, 0.2) is 0 Å². The maximum Gasteiger partial charge on any atom is 1.00 e. The molecule has 0 spiro atoms. The van der Waals surface area contributed by atoms with Crippen LogP contribution in [0.2, 0.25) is 0 Å². The predicted molar refractivity (Wildman–Crippen MR) is 36.6 cm³/mol. The second kappa shape index (κ2) is 146. The van der Waals surface area contributed by atoms with Gasteiger partial charge in [-0.15, -0.1) is 21.4 Å². The van der Waals surface area contributed by atoms with Crippen LogP contribution in [0.5, 0.6) is 0 Å². The molecule has 0 bridgehead atoms. The van der Waals surface area contributed by atoms with E-state index in [2.05, 4.69) is 0 Å². The van der Waals surface area contributed by atoms with Gasteiger partial charge in [-0.1, -0.05) is 0 Å². The Morgan fingerprint density at radius 1 is 0.571 bits per heavy atom. The van der Waals surface area contributed by atoms with Crippen LogP contribution in [0.15, 0.2) is 21.4 Å². The molecule has 0 atom stereocenters. The van der Waals surface area contributed by atoms with Gasteiger partial charge >= 0.3 is 29.6 Å². The van der Waals surface area contributed by atoms with E-state index in [0.29, 0.717) is 0 Å². The molecule has 0 heterocycles. The Hall–Kier alpha value is -0.738. The average molecular weight is 313 g/mol. The van der Waals surface area contributed by atoms with Crippen LogP contribution in [-0.2, 0) is 20.4 Å². The zero-order valence-corrected chi connectivity index (χ0v) is 9.93. The molecule has 14 heteroatoms. The van der Waals surface area contributed by atoms with Gasteiger partial charge in [0.2, 0.25) is 0 Å². The van der Waals surface area contributed by atoms with Gasteiger partial charge in [0, 0.05) is 20.4 Å². The molecular formula is N4NaO8Pd-3. The van der Waals surface area contributed by atoms with Crippen molar-refractivity contribution < 1.29 is 50.0 Å². The summed E-state index contributed by atoms with van der Waals surface area (Å²) in [6, 6.07) is 0. The van der Waals surface area contributed by atoms with Crippen LogP contribution >= 0.6 is 0 Å². The maximum atomic E-state index is 8.00. The summed E-state index contributed by atoms with van der Waals surface area (Å²) in [4.78, 5) is 32.0. The molecule has 0 saturated carbocycles. The van der Waals surface area contributed by atoms with Crippen molar-refractivity contribution in [1.82, 2.24) is 0 Å². The molecule has 82 valence electrons. The molecule has 0 N–H and O–H groups in total. The zero-order chi connectivity index (χ0) is 10.8. The van der Waals surface area contributed by atoms with E-state index in [4.69, 9.17) is 40.5 Å². The van der Waals surface area contributed by atoms with Gasteiger partial charge in [-0.2, -0.15) is 0 Å². The molecule has 0 rings (SSSR count). The predicted octanol–water partition coefficient (Wildman–Crippen LogP) is -2.00. The first kappa shape index (κ1) is 37.8. The fraction of sp³-hybridized carbons (Fsp3) is 0. The molecule has 12 nitrogen and oxygen atoms in total. The molecule has 0 saturated heterocycles. The number of nitrogens with zero attached hydrogens (tertiary/aromatic N) is 4. The number of hydrogen-bond acceptors (Lipinski definition) is 12. The molecule has 14 heavy (non-hydrogen) atoms. The van der Waals surface area contributed by atoms with Crippen LogP contribution in [0.1, 0.15) is 0 Å². The van der Waals surface area contributed by atoms with E-state index in [1.165, 1.54) is 0 Å². The second-order valence-corrected chi connectivity index (χ2v) is 0.298. The van der Waals surface area contributed by atoms with Crippen LogP contribution in [0.3, 0.4) is 0 Å².